The van der Waals surface area contributed by atoms with Crippen molar-refractivity contribution >= 4 is 17.9 Å². The molecule has 0 fully saturated rings. The number of quaternary nitrogens is 1. The third-order valence-corrected chi connectivity index (χ3v) is 19.3. The van der Waals surface area contributed by atoms with Crippen molar-refractivity contribution in [3.63, 3.8) is 0 Å². The number of hydrogen-bond donors (Lipinski definition) is 1. The van der Waals surface area contributed by atoms with Crippen molar-refractivity contribution in [1.82, 2.24) is 0 Å². The molecule has 0 saturated carbocycles. The van der Waals surface area contributed by atoms with Crippen molar-refractivity contribution in [3.05, 3.63) is 60.8 Å². The minimum Gasteiger partial charge on any atom is -0.477 e. The monoisotopic (exact) mass is 1360 g/mol. The number of carboxylic acid groups (broad SMARTS) is 1. The Labute approximate surface area is 603 Å². The van der Waals surface area contributed by atoms with Crippen LogP contribution in [0, 0.1) is 0 Å². The van der Waals surface area contributed by atoms with Gasteiger partial charge in [-0.15, -0.1) is 0 Å². The Kier molecular flexibility index (Phi) is 76.3. The topological polar surface area (TPSA) is 108 Å². The Morgan fingerprint density at radius 1 is 0.320 bits per heavy atom. The van der Waals surface area contributed by atoms with E-state index in [1.54, 1.807) is 0 Å². The largest absolute Gasteiger partial charge is 0.477 e. The fourth-order valence-electron chi connectivity index (χ4n) is 12.8. The first-order valence-electron chi connectivity index (χ1n) is 42.5. The predicted octanol–water partition coefficient (Wildman–Crippen LogP) is 27.4. The van der Waals surface area contributed by atoms with Gasteiger partial charge in [0.2, 0.25) is 0 Å². The third-order valence-electron chi connectivity index (χ3n) is 19.3. The van der Waals surface area contributed by atoms with Gasteiger partial charge < -0.3 is 28.5 Å². The first-order valence-corrected chi connectivity index (χ1v) is 42.5. The minimum atomic E-state index is -1.51. The number of allylic oxidation sites excluding steroid dienone is 10. The number of unbranched alkanes of at least 4 members (excludes halogenated alkanes) is 55. The Hall–Kier alpha value is -3.01. The number of ether oxygens (including phenoxy) is 4. The number of hydrogen-bond acceptors (Lipinski definition) is 7. The van der Waals surface area contributed by atoms with Crippen LogP contribution in [-0.4, -0.2) is 87.4 Å². The van der Waals surface area contributed by atoms with Gasteiger partial charge >= 0.3 is 17.9 Å². The van der Waals surface area contributed by atoms with Crippen LogP contribution in [0.25, 0.3) is 0 Å². The second-order valence-corrected chi connectivity index (χ2v) is 30.1. The molecule has 9 nitrogen and oxygen atoms in total. The molecule has 0 spiro atoms. The van der Waals surface area contributed by atoms with E-state index < -0.39 is 18.4 Å². The molecule has 2 unspecified atom stereocenters. The maximum Gasteiger partial charge on any atom is 0.361 e. The Morgan fingerprint density at radius 2 is 0.588 bits per heavy atom. The number of carbonyl (C=O) groups excluding carboxylic acids is 2. The van der Waals surface area contributed by atoms with Crippen LogP contribution in [-0.2, 0) is 33.3 Å². The van der Waals surface area contributed by atoms with Crippen LogP contribution in [0.2, 0.25) is 0 Å². The summed E-state index contributed by atoms with van der Waals surface area (Å²) in [4.78, 5) is 37.8. The van der Waals surface area contributed by atoms with Gasteiger partial charge in [0.05, 0.1) is 34.4 Å². The van der Waals surface area contributed by atoms with Gasteiger partial charge in [0.1, 0.15) is 13.2 Å². The summed E-state index contributed by atoms with van der Waals surface area (Å²) in [5, 5.41) is 9.78. The predicted molar refractivity (Wildman–Crippen MR) is 420 cm³/mol. The molecule has 0 aliphatic rings. The number of aliphatic carboxylic acids is 1. The minimum absolute atomic E-state index is 0.176. The number of rotatable bonds is 80. The zero-order valence-corrected chi connectivity index (χ0v) is 65.3. The number of carboxylic acids is 1. The molecule has 0 radical (unpaired) electrons. The third kappa shape index (κ3) is 80.2. The van der Waals surface area contributed by atoms with Gasteiger partial charge in [-0.25, -0.2) is 4.79 Å². The summed E-state index contributed by atoms with van der Waals surface area (Å²) < 4.78 is 23.1. The van der Waals surface area contributed by atoms with E-state index in [-0.39, 0.29) is 38.2 Å². The maximum atomic E-state index is 13.0. The highest BCUT2D eigenvalue weighted by Crippen LogP contribution is 2.20. The average Bonchev–Trinajstić information content (AvgIpc) is 3.11. The van der Waals surface area contributed by atoms with E-state index in [0.717, 1.165) is 64.2 Å². The first-order chi connectivity index (χ1) is 47.6. The summed E-state index contributed by atoms with van der Waals surface area (Å²) in [6.45, 7) is 4.84. The lowest BCUT2D eigenvalue weighted by molar-refractivity contribution is -0.870. The Morgan fingerprint density at radius 3 is 0.887 bits per heavy atom. The number of nitrogens with zero attached hydrogens (tertiary/aromatic N) is 1. The molecule has 97 heavy (non-hydrogen) atoms. The lowest BCUT2D eigenvalue weighted by atomic mass is 10.0. The number of likely N-dealkylation sites (N-methyl/N-ethyl adjacent to an activating group) is 1. The van der Waals surface area contributed by atoms with Crippen molar-refractivity contribution in [2.45, 2.75) is 437 Å². The van der Waals surface area contributed by atoms with E-state index in [0.29, 0.717) is 17.4 Å². The molecule has 0 heterocycles. The lowest BCUT2D eigenvalue weighted by Gasteiger charge is -2.25. The molecular formula is C88H164NO8+. The average molecular weight is 1360 g/mol. The van der Waals surface area contributed by atoms with E-state index in [4.69, 9.17) is 18.9 Å². The van der Waals surface area contributed by atoms with Crippen molar-refractivity contribution in [2.24, 2.45) is 0 Å². The Balaban J connectivity index is 3.93. The highest BCUT2D eigenvalue weighted by Gasteiger charge is 2.25. The van der Waals surface area contributed by atoms with Crippen LogP contribution in [0.4, 0.5) is 0 Å². The molecule has 568 valence electrons. The highest BCUT2D eigenvalue weighted by molar-refractivity contribution is 5.71. The molecule has 0 aromatic heterocycles. The van der Waals surface area contributed by atoms with Crippen molar-refractivity contribution in [3.8, 4) is 0 Å². The second kappa shape index (κ2) is 78.7. The molecule has 0 aliphatic carbocycles. The fraction of sp³-hybridized carbons (Fsp3) is 0.852. The van der Waals surface area contributed by atoms with Crippen molar-refractivity contribution in [2.75, 3.05) is 47.5 Å². The molecule has 0 rings (SSSR count). The SMILES string of the molecule is CC/C=C\C/C=C\C/C=C\C/C=C\CCCCCCCCCCCCCCCCCCCCCCCCCCC(=O)OC(COC(=O)CCCCCCCCCCCCCCCCCCCCCCCCC/C=C\CCCCCCCCCC)COC(OCC[N+](C)(C)C)C(=O)O. The summed E-state index contributed by atoms with van der Waals surface area (Å²) >= 11 is 0. The van der Waals surface area contributed by atoms with E-state index >= 15 is 0 Å². The first kappa shape index (κ1) is 94.0. The van der Waals surface area contributed by atoms with E-state index in [2.05, 4.69) is 74.6 Å². The van der Waals surface area contributed by atoms with Crippen LogP contribution in [0.5, 0.6) is 0 Å². The molecule has 0 bridgehead atoms. The molecule has 2 atom stereocenters. The van der Waals surface area contributed by atoms with Gasteiger partial charge in [-0.1, -0.05) is 396 Å². The molecule has 0 aliphatic heterocycles. The Bertz CT molecular complexity index is 1780. The van der Waals surface area contributed by atoms with Gasteiger partial charge in [-0.3, -0.25) is 9.59 Å². The molecule has 1 N–H and O–H groups in total. The normalized spacial score (nSPS) is 12.9. The number of carbonyl (C=O) groups is 3. The summed E-state index contributed by atoms with van der Waals surface area (Å²) in [5.74, 6) is -1.97. The lowest BCUT2D eigenvalue weighted by Crippen LogP contribution is -2.40. The van der Waals surface area contributed by atoms with Gasteiger partial charge in [0.25, 0.3) is 6.29 Å². The molecule has 0 aromatic carbocycles. The standard InChI is InChI=1S/C88H163NO8/c1-6-8-10-12-14-16-18-20-22-24-26-28-30-32-34-36-38-40-42-43-45-47-49-51-53-55-57-59-61-63-65-67-69-71-73-75-77-79-86(91)97-84(83-96-88(87(92)93)94-81-80-89(3,4)5)82-95-85(90)78-76-74-72-70-68-66-64-62-60-58-56-54-52-50-48-46-44-41-39-37-35-33-31-29-27-25-23-21-19-17-15-13-11-9-7-2/h8,10,14,16,20,22,25-28,84,88H,6-7,9,11-13,15,17-19,21,23-24,29-83H2,1-5H3/p+1/b10-8-,16-14-,22-20-,27-25-,28-26-. The molecule has 0 amide bonds. The van der Waals surface area contributed by atoms with Crippen LogP contribution in [0.15, 0.2) is 60.8 Å². The smallest absolute Gasteiger partial charge is 0.361 e. The quantitative estimate of drug-likeness (QED) is 0.0211. The molecular weight excluding hydrogens is 1200 g/mol. The van der Waals surface area contributed by atoms with Crippen LogP contribution >= 0.6 is 0 Å². The zero-order valence-electron chi connectivity index (χ0n) is 65.3. The van der Waals surface area contributed by atoms with E-state index in [1.165, 1.54) is 334 Å². The summed E-state index contributed by atoms with van der Waals surface area (Å²) in [6.07, 6.45) is 103. The zero-order chi connectivity index (χ0) is 70.4. The second-order valence-electron chi connectivity index (χ2n) is 30.1. The van der Waals surface area contributed by atoms with Gasteiger partial charge in [0, 0.05) is 12.8 Å². The highest BCUT2D eigenvalue weighted by atomic mass is 16.7. The van der Waals surface area contributed by atoms with Crippen LogP contribution in [0.1, 0.15) is 425 Å². The fourth-order valence-corrected chi connectivity index (χ4v) is 12.8. The molecule has 0 aromatic rings. The summed E-state index contributed by atoms with van der Waals surface area (Å²) in [7, 11) is 6.00. The van der Waals surface area contributed by atoms with Crippen molar-refractivity contribution in [1.29, 1.82) is 0 Å². The van der Waals surface area contributed by atoms with Gasteiger partial charge in [0.15, 0.2) is 6.10 Å². The van der Waals surface area contributed by atoms with Gasteiger partial charge in [-0.2, -0.15) is 0 Å². The van der Waals surface area contributed by atoms with Crippen LogP contribution in [0.3, 0.4) is 0 Å². The van der Waals surface area contributed by atoms with E-state index in [9.17, 15) is 19.5 Å². The molecule has 9 heteroatoms. The summed E-state index contributed by atoms with van der Waals surface area (Å²) in [5.41, 5.74) is 0. The van der Waals surface area contributed by atoms with Crippen molar-refractivity contribution < 1.29 is 42.9 Å². The summed E-state index contributed by atoms with van der Waals surface area (Å²) in [6, 6.07) is 0. The van der Waals surface area contributed by atoms with Crippen LogP contribution < -0.4 is 0 Å². The number of esters is 2. The molecule has 0 saturated heterocycles. The van der Waals surface area contributed by atoms with E-state index in [1.807, 2.05) is 21.1 Å². The maximum absolute atomic E-state index is 13.0. The van der Waals surface area contributed by atoms with Gasteiger partial charge in [-0.05, 0) is 77.0 Å².